The predicted octanol–water partition coefficient (Wildman–Crippen LogP) is 1.77. The molecular weight excluding hydrogens is 240 g/mol. The van der Waals surface area contributed by atoms with Gasteiger partial charge in [-0.3, -0.25) is 15.6 Å². The number of hydrogen-bond acceptors (Lipinski definition) is 4. The number of nitrogens with one attached hydrogen (secondary N) is 1. The van der Waals surface area contributed by atoms with Crippen molar-refractivity contribution in [1.29, 1.82) is 0 Å². The fourth-order valence-electron chi connectivity index (χ4n) is 3.50. The summed E-state index contributed by atoms with van der Waals surface area (Å²) in [5.74, 6) is 6.23. The molecule has 3 N–H and O–H groups in total. The molecule has 1 saturated carbocycles. The van der Waals surface area contributed by atoms with Gasteiger partial charge in [-0.15, -0.1) is 0 Å². The molecule has 2 atom stereocenters. The highest BCUT2D eigenvalue weighted by molar-refractivity contribution is 5.99. The summed E-state index contributed by atoms with van der Waals surface area (Å²) in [6, 6.07) is 2.16. The Morgan fingerprint density at radius 3 is 3.05 bits per heavy atom. The topological polar surface area (TPSA) is 71.2 Å². The monoisotopic (exact) mass is 260 g/mol. The summed E-state index contributed by atoms with van der Waals surface area (Å²) in [7, 11) is 0. The van der Waals surface area contributed by atoms with Crippen molar-refractivity contribution in [3.63, 3.8) is 0 Å². The van der Waals surface area contributed by atoms with Crippen molar-refractivity contribution in [2.45, 2.75) is 38.1 Å². The Kier molecular flexibility index (Phi) is 3.38. The summed E-state index contributed by atoms with van der Waals surface area (Å²) in [5, 5.41) is 0. The van der Waals surface area contributed by atoms with Gasteiger partial charge in [-0.2, -0.15) is 0 Å². The summed E-state index contributed by atoms with van der Waals surface area (Å²) in [5.41, 5.74) is 3.82. The second-order valence-electron chi connectivity index (χ2n) is 5.46. The number of nitrogen functional groups attached to an aromatic ring is 1. The van der Waals surface area contributed by atoms with Crippen LogP contribution in [0, 0.1) is 5.92 Å². The molecule has 0 spiro atoms. The molecule has 19 heavy (non-hydrogen) atoms. The number of hydrazine groups is 1. The Bertz CT molecular complexity index is 476. The Morgan fingerprint density at radius 1 is 1.37 bits per heavy atom. The zero-order valence-corrected chi connectivity index (χ0v) is 11.0. The maximum atomic E-state index is 12.7. The molecule has 2 unspecified atom stereocenters. The number of aromatic nitrogens is 1. The highest BCUT2D eigenvalue weighted by Crippen LogP contribution is 2.37. The van der Waals surface area contributed by atoms with Crippen LogP contribution < -0.4 is 11.3 Å². The molecule has 0 bridgehead atoms. The van der Waals surface area contributed by atoms with Crippen molar-refractivity contribution < 1.29 is 4.79 Å². The standard InChI is InChI=1S/C14H20N4O/c15-17-12-5-7-16-9-11(12)14(19)18-8-6-10-3-1-2-4-13(10)18/h5,7,9-10,13H,1-4,6,8,15H2,(H,16,17). The normalized spacial score (nSPS) is 26.1. The molecule has 0 aromatic carbocycles. The molecule has 1 amide bonds. The molecule has 2 heterocycles. The minimum absolute atomic E-state index is 0.0652. The van der Waals surface area contributed by atoms with Gasteiger partial charge in [0.1, 0.15) is 0 Å². The molecule has 1 aromatic rings. The van der Waals surface area contributed by atoms with Gasteiger partial charge in [-0.25, -0.2) is 0 Å². The number of likely N-dealkylation sites (tertiary alicyclic amines) is 1. The second kappa shape index (κ2) is 5.17. The Balaban J connectivity index is 1.84. The minimum atomic E-state index is 0.0652. The van der Waals surface area contributed by atoms with Crippen LogP contribution in [0.4, 0.5) is 5.69 Å². The molecule has 0 radical (unpaired) electrons. The molecule has 1 aliphatic heterocycles. The van der Waals surface area contributed by atoms with Gasteiger partial charge < -0.3 is 10.3 Å². The van der Waals surface area contributed by atoms with E-state index in [0.29, 0.717) is 23.2 Å². The van der Waals surface area contributed by atoms with Gasteiger partial charge in [0.05, 0.1) is 11.3 Å². The lowest BCUT2D eigenvalue weighted by molar-refractivity contribution is 0.0690. The van der Waals surface area contributed by atoms with Crippen LogP contribution >= 0.6 is 0 Å². The largest absolute Gasteiger partial charge is 0.335 e. The average Bonchev–Trinajstić information content (AvgIpc) is 2.90. The SMILES string of the molecule is NNc1ccncc1C(=O)N1CCC2CCCCC21. The Labute approximate surface area is 113 Å². The number of hydrogen-bond donors (Lipinski definition) is 2. The van der Waals surface area contributed by atoms with E-state index in [1.165, 1.54) is 19.3 Å². The number of amides is 1. The molecule has 2 fully saturated rings. The number of carbonyl (C=O) groups excluding carboxylic acids is 1. The number of carbonyl (C=O) groups is 1. The number of nitrogens with zero attached hydrogens (tertiary/aromatic N) is 2. The van der Waals surface area contributed by atoms with Gasteiger partial charge in [0.25, 0.3) is 5.91 Å². The van der Waals surface area contributed by atoms with Crippen molar-refractivity contribution in [2.24, 2.45) is 11.8 Å². The average molecular weight is 260 g/mol. The molecular formula is C14H20N4O. The molecule has 1 aromatic heterocycles. The van der Waals surface area contributed by atoms with E-state index in [4.69, 9.17) is 5.84 Å². The van der Waals surface area contributed by atoms with E-state index in [1.807, 2.05) is 4.90 Å². The van der Waals surface area contributed by atoms with Crippen LogP contribution in [0.1, 0.15) is 42.5 Å². The van der Waals surface area contributed by atoms with E-state index < -0.39 is 0 Å². The number of anilines is 1. The number of rotatable bonds is 2. The van der Waals surface area contributed by atoms with Crippen LogP contribution in [0.2, 0.25) is 0 Å². The van der Waals surface area contributed by atoms with E-state index in [2.05, 4.69) is 10.4 Å². The van der Waals surface area contributed by atoms with E-state index in [1.54, 1.807) is 18.5 Å². The molecule has 2 aliphatic rings. The molecule has 3 rings (SSSR count). The lowest BCUT2D eigenvalue weighted by Crippen LogP contribution is -2.39. The third-order valence-corrected chi connectivity index (χ3v) is 4.48. The lowest BCUT2D eigenvalue weighted by atomic mass is 9.85. The summed E-state index contributed by atoms with van der Waals surface area (Å²) in [4.78, 5) is 18.7. The fraction of sp³-hybridized carbons (Fsp3) is 0.571. The van der Waals surface area contributed by atoms with Gasteiger partial charge in [0, 0.05) is 25.0 Å². The number of pyridine rings is 1. The van der Waals surface area contributed by atoms with Crippen molar-refractivity contribution in [3.8, 4) is 0 Å². The first-order chi connectivity index (χ1) is 9.31. The zero-order valence-electron chi connectivity index (χ0n) is 11.0. The van der Waals surface area contributed by atoms with E-state index >= 15 is 0 Å². The van der Waals surface area contributed by atoms with E-state index in [0.717, 1.165) is 19.4 Å². The highest BCUT2D eigenvalue weighted by Gasteiger charge is 2.38. The summed E-state index contributed by atoms with van der Waals surface area (Å²) in [6.45, 7) is 0.868. The van der Waals surface area contributed by atoms with Gasteiger partial charge in [0.15, 0.2) is 0 Å². The van der Waals surface area contributed by atoms with Crippen LogP contribution in [-0.4, -0.2) is 28.4 Å². The third kappa shape index (κ3) is 2.18. The highest BCUT2D eigenvalue weighted by atomic mass is 16.2. The smallest absolute Gasteiger partial charge is 0.257 e. The first-order valence-electron chi connectivity index (χ1n) is 7.03. The Morgan fingerprint density at radius 2 is 2.21 bits per heavy atom. The zero-order chi connectivity index (χ0) is 13.2. The summed E-state index contributed by atoms with van der Waals surface area (Å²) in [6.07, 6.45) is 9.34. The van der Waals surface area contributed by atoms with Crippen molar-refractivity contribution in [2.75, 3.05) is 12.0 Å². The van der Waals surface area contributed by atoms with Gasteiger partial charge in [0.2, 0.25) is 0 Å². The van der Waals surface area contributed by atoms with Gasteiger partial charge >= 0.3 is 0 Å². The first-order valence-corrected chi connectivity index (χ1v) is 7.03. The van der Waals surface area contributed by atoms with Gasteiger partial charge in [-0.05, 0) is 31.2 Å². The summed E-state index contributed by atoms with van der Waals surface area (Å²) < 4.78 is 0. The van der Waals surface area contributed by atoms with Gasteiger partial charge in [-0.1, -0.05) is 12.8 Å². The quantitative estimate of drug-likeness (QED) is 0.628. The van der Waals surface area contributed by atoms with Crippen molar-refractivity contribution >= 4 is 11.6 Å². The molecule has 5 nitrogen and oxygen atoms in total. The van der Waals surface area contributed by atoms with Crippen molar-refractivity contribution in [1.82, 2.24) is 9.88 Å². The maximum Gasteiger partial charge on any atom is 0.257 e. The first kappa shape index (κ1) is 12.4. The number of fused-ring (bicyclic) bond motifs is 1. The molecule has 102 valence electrons. The molecule has 5 heteroatoms. The maximum absolute atomic E-state index is 12.7. The van der Waals surface area contributed by atoms with Crippen LogP contribution in [0.25, 0.3) is 0 Å². The third-order valence-electron chi connectivity index (χ3n) is 4.48. The molecule has 1 saturated heterocycles. The summed E-state index contributed by atoms with van der Waals surface area (Å²) >= 11 is 0. The van der Waals surface area contributed by atoms with Crippen LogP contribution in [-0.2, 0) is 0 Å². The Hall–Kier alpha value is -1.62. The number of nitrogens with two attached hydrogens (primary N) is 1. The van der Waals surface area contributed by atoms with E-state index in [-0.39, 0.29) is 5.91 Å². The fourth-order valence-corrected chi connectivity index (χ4v) is 3.50. The van der Waals surface area contributed by atoms with Crippen LogP contribution in [0.15, 0.2) is 18.5 Å². The van der Waals surface area contributed by atoms with E-state index in [9.17, 15) is 4.79 Å². The van der Waals surface area contributed by atoms with Crippen LogP contribution in [0.3, 0.4) is 0 Å². The molecule has 1 aliphatic carbocycles. The predicted molar refractivity (Wildman–Crippen MR) is 73.4 cm³/mol. The van der Waals surface area contributed by atoms with Crippen LogP contribution in [0.5, 0.6) is 0 Å². The van der Waals surface area contributed by atoms with Crippen molar-refractivity contribution in [3.05, 3.63) is 24.0 Å². The lowest BCUT2D eigenvalue weighted by Gasteiger charge is -2.32. The minimum Gasteiger partial charge on any atom is -0.335 e. The second-order valence-corrected chi connectivity index (χ2v) is 5.46.